The van der Waals surface area contributed by atoms with E-state index < -0.39 is 41.7 Å². The van der Waals surface area contributed by atoms with E-state index in [0.29, 0.717) is 37.6 Å². The van der Waals surface area contributed by atoms with Gasteiger partial charge in [-0.25, -0.2) is 8.78 Å². The van der Waals surface area contributed by atoms with Crippen LogP contribution in [0.4, 0.5) is 66.2 Å². The van der Waals surface area contributed by atoms with Crippen molar-refractivity contribution in [1.82, 2.24) is 15.0 Å². The number of thioether (sulfide) groups is 1. The summed E-state index contributed by atoms with van der Waals surface area (Å²) in [5.74, 6) is -2.02. The van der Waals surface area contributed by atoms with Gasteiger partial charge in [0.2, 0.25) is 11.9 Å². The zero-order valence-electron chi connectivity index (χ0n) is 32.7. The largest absolute Gasteiger partial charge is 0.396 e. The van der Waals surface area contributed by atoms with Gasteiger partial charge in [0.1, 0.15) is 32.8 Å². The first-order valence-corrected chi connectivity index (χ1v) is 22.1. The topological polar surface area (TPSA) is 248 Å². The fourth-order valence-electron chi connectivity index (χ4n) is 5.63. The molecule has 0 aliphatic heterocycles. The molecule has 4 aromatic carbocycles. The Morgan fingerprint density at radius 3 is 1.40 bits per heavy atom. The first-order valence-electron chi connectivity index (χ1n) is 18.3. The van der Waals surface area contributed by atoms with Crippen molar-refractivity contribution in [2.75, 3.05) is 59.0 Å². The average molecular weight is 886 g/mol. The van der Waals surface area contributed by atoms with Crippen LogP contribution in [0.1, 0.15) is 27.7 Å². The van der Waals surface area contributed by atoms with E-state index in [-0.39, 0.29) is 52.2 Å². The Morgan fingerprint density at radius 1 is 0.617 bits per heavy atom. The summed E-state index contributed by atoms with van der Waals surface area (Å²) in [5, 5.41) is 32.9. The number of azo groups is 2. The number of anilines is 6. The van der Waals surface area contributed by atoms with Crippen LogP contribution in [0.3, 0.4) is 0 Å². The Kier molecular flexibility index (Phi) is 15.1. The molecule has 0 atom stereocenters. The van der Waals surface area contributed by atoms with Crippen LogP contribution in [0.2, 0.25) is 0 Å². The number of benzene rings is 4. The average Bonchev–Trinajstić information content (AvgIpc) is 3.20. The molecule has 0 unspecified atom stereocenters. The van der Waals surface area contributed by atoms with Crippen LogP contribution in [0.15, 0.2) is 108 Å². The minimum atomic E-state index is -4.88. The van der Waals surface area contributed by atoms with Gasteiger partial charge in [0.05, 0.1) is 29.4 Å². The van der Waals surface area contributed by atoms with Crippen LogP contribution < -0.4 is 20.4 Å². The maximum absolute atomic E-state index is 14.2. The second-order valence-corrected chi connectivity index (χ2v) is 16.3. The lowest BCUT2D eigenvalue weighted by molar-refractivity contribution is 0.322. The van der Waals surface area contributed by atoms with E-state index in [1.807, 2.05) is 27.7 Å². The Hall–Kier alpha value is -5.72. The number of halogens is 2. The van der Waals surface area contributed by atoms with Crippen molar-refractivity contribution in [2.45, 2.75) is 42.6 Å². The molecule has 0 bridgehead atoms. The van der Waals surface area contributed by atoms with Gasteiger partial charge in [-0.05, 0) is 100 Å². The van der Waals surface area contributed by atoms with Crippen molar-refractivity contribution in [3.63, 3.8) is 0 Å². The predicted molar refractivity (Wildman–Crippen MR) is 225 cm³/mol. The molecule has 0 saturated carbocycles. The van der Waals surface area contributed by atoms with Crippen LogP contribution in [0, 0.1) is 11.6 Å². The maximum Gasteiger partial charge on any atom is 0.297 e. The van der Waals surface area contributed by atoms with Gasteiger partial charge in [0.15, 0.2) is 5.16 Å². The lowest BCUT2D eigenvalue weighted by atomic mass is 10.2. The number of rotatable bonds is 19. The second-order valence-electron chi connectivity index (χ2n) is 12.4. The van der Waals surface area contributed by atoms with E-state index in [2.05, 4.69) is 55.8 Å². The first-order chi connectivity index (χ1) is 28.6. The van der Waals surface area contributed by atoms with Crippen LogP contribution in [0.25, 0.3) is 0 Å². The fraction of sp³-hybridized carbons (Fsp3) is 0.270. The quantitative estimate of drug-likeness (QED) is 0.0295. The van der Waals surface area contributed by atoms with Crippen molar-refractivity contribution >= 4 is 89.4 Å². The molecular weight excluding hydrogens is 845 g/mol. The summed E-state index contributed by atoms with van der Waals surface area (Å²) in [4.78, 5) is 15.9. The summed E-state index contributed by atoms with van der Waals surface area (Å²) in [6.07, 6.45) is 0. The van der Waals surface area contributed by atoms with E-state index >= 15 is 0 Å². The Labute approximate surface area is 349 Å². The molecule has 5 rings (SSSR count). The molecule has 60 heavy (non-hydrogen) atoms. The molecule has 0 spiro atoms. The maximum atomic E-state index is 14.2. The van der Waals surface area contributed by atoms with Crippen LogP contribution in [-0.2, 0) is 20.2 Å². The van der Waals surface area contributed by atoms with Crippen LogP contribution in [-0.4, -0.2) is 84.5 Å². The highest BCUT2D eigenvalue weighted by molar-refractivity contribution is 7.99. The molecule has 1 heterocycles. The fourth-order valence-corrected chi connectivity index (χ4v) is 7.38. The molecule has 1 aromatic heterocycles. The summed E-state index contributed by atoms with van der Waals surface area (Å²) in [6, 6.07) is 16.3. The lowest BCUT2D eigenvalue weighted by Gasteiger charge is -2.22. The number of nitrogens with one attached hydrogen (secondary N) is 2. The molecule has 5 aromatic rings. The third kappa shape index (κ3) is 11.7. The first kappa shape index (κ1) is 45.4. The summed E-state index contributed by atoms with van der Waals surface area (Å²) in [5.41, 5.74) is 2.69. The number of aliphatic hydroxyl groups excluding tert-OH is 1. The summed E-state index contributed by atoms with van der Waals surface area (Å²) in [7, 11) is -9.76. The van der Waals surface area contributed by atoms with Gasteiger partial charge in [-0.3, -0.25) is 9.11 Å². The molecule has 0 saturated heterocycles. The predicted octanol–water partition coefficient (Wildman–Crippen LogP) is 8.74. The smallest absolute Gasteiger partial charge is 0.297 e. The van der Waals surface area contributed by atoms with Gasteiger partial charge < -0.3 is 25.5 Å². The molecule has 0 aliphatic carbocycles. The van der Waals surface area contributed by atoms with E-state index in [9.17, 15) is 39.8 Å². The Bertz CT molecular complexity index is 2440. The van der Waals surface area contributed by atoms with Gasteiger partial charge in [-0.15, -0.1) is 10.2 Å². The highest BCUT2D eigenvalue weighted by atomic mass is 32.2. The zero-order chi connectivity index (χ0) is 43.6. The Morgan fingerprint density at radius 2 is 1.03 bits per heavy atom. The van der Waals surface area contributed by atoms with Crippen molar-refractivity contribution in [3.05, 3.63) is 84.4 Å². The van der Waals surface area contributed by atoms with E-state index in [1.54, 1.807) is 36.4 Å². The van der Waals surface area contributed by atoms with E-state index in [4.69, 9.17) is 0 Å². The lowest BCUT2D eigenvalue weighted by Crippen LogP contribution is -2.21. The minimum Gasteiger partial charge on any atom is -0.396 e. The van der Waals surface area contributed by atoms with E-state index in [0.717, 1.165) is 47.4 Å². The molecule has 5 N–H and O–H groups in total. The number of hydrogen-bond donors (Lipinski definition) is 5. The number of aromatic nitrogens is 3. The number of hydrogen-bond acceptors (Lipinski definition) is 17. The monoisotopic (exact) mass is 885 g/mol. The molecule has 0 fully saturated rings. The van der Waals surface area contributed by atoms with Crippen LogP contribution >= 0.6 is 11.8 Å². The molecule has 18 nitrogen and oxygen atoms in total. The van der Waals surface area contributed by atoms with Crippen molar-refractivity contribution in [2.24, 2.45) is 20.5 Å². The summed E-state index contributed by atoms with van der Waals surface area (Å²) >= 11 is 1.14. The third-order valence-corrected chi connectivity index (χ3v) is 11.1. The SMILES string of the molecule is CCN(CC)c1ccc(N=Nc2ccc(F)c(S(=O)(=O)O)c2)c(Nc2nc(Nc3cc(N(CC)CC)ccc3N=Nc3ccc(F)c(S(=O)(=O)O)c3)nc(SCCO)n2)c1. The summed E-state index contributed by atoms with van der Waals surface area (Å²) < 4.78 is 94.1. The van der Waals surface area contributed by atoms with Crippen molar-refractivity contribution < 1.29 is 39.8 Å². The minimum absolute atomic E-state index is 0.0312. The van der Waals surface area contributed by atoms with E-state index in [1.165, 1.54) is 12.1 Å². The zero-order valence-corrected chi connectivity index (χ0v) is 35.1. The molecule has 318 valence electrons. The molecular formula is C37H41F2N11O7S3. The van der Waals surface area contributed by atoms with Gasteiger partial charge >= 0.3 is 0 Å². The highest BCUT2D eigenvalue weighted by Gasteiger charge is 2.19. The Balaban J connectivity index is 1.58. The molecule has 0 amide bonds. The van der Waals surface area contributed by atoms with Crippen molar-refractivity contribution in [3.8, 4) is 0 Å². The van der Waals surface area contributed by atoms with Crippen molar-refractivity contribution in [1.29, 1.82) is 0 Å². The van der Waals surface area contributed by atoms with Crippen LogP contribution in [0.5, 0.6) is 0 Å². The molecule has 23 heteroatoms. The molecule has 0 aliphatic rings. The summed E-state index contributed by atoms with van der Waals surface area (Å²) in [6.45, 7) is 10.4. The second kappa shape index (κ2) is 20.0. The third-order valence-electron chi connectivity index (χ3n) is 8.58. The van der Waals surface area contributed by atoms with Gasteiger partial charge in [0, 0.05) is 43.3 Å². The van der Waals surface area contributed by atoms with Gasteiger partial charge in [-0.1, -0.05) is 11.8 Å². The standard InChI is InChI=1S/C37H41F2N11O7S3/c1-5-49(6-2)25-11-15-29(47-45-23-9-13-27(38)33(19-23)59(52,53)54)31(21-25)40-35-42-36(44-37(43-35)58-18-17-51)41-32-22-26(50(7-3)8-4)12-16-30(32)48-46-24-10-14-28(39)34(20-24)60(55,56)57/h9-16,19-22,51H,5-8,17-18H2,1-4H3,(H,52,53,54)(H,55,56,57)(H2,40,41,42,43,44). The number of nitrogens with zero attached hydrogens (tertiary/aromatic N) is 9. The van der Waals surface area contributed by atoms with Gasteiger partial charge in [0.25, 0.3) is 20.2 Å². The number of aliphatic hydroxyl groups is 1. The molecule has 0 radical (unpaired) electrons. The normalized spacial score (nSPS) is 12.0. The highest BCUT2D eigenvalue weighted by Crippen LogP contribution is 2.37. The van der Waals surface area contributed by atoms with Gasteiger partial charge in [-0.2, -0.15) is 42.0 Å².